The Labute approximate surface area is 202 Å². The van der Waals surface area contributed by atoms with Crippen molar-refractivity contribution in [2.24, 2.45) is 0 Å². The number of carbonyl (C=O) groups excluding carboxylic acids is 1. The van der Waals surface area contributed by atoms with Gasteiger partial charge in [0.15, 0.2) is 0 Å². The van der Waals surface area contributed by atoms with Crippen molar-refractivity contribution in [1.82, 2.24) is 9.88 Å². The summed E-state index contributed by atoms with van der Waals surface area (Å²) in [6.45, 7) is 11.9. The number of carbonyl (C=O) groups is 1. The molecule has 2 aliphatic heterocycles. The van der Waals surface area contributed by atoms with Gasteiger partial charge in [0.25, 0.3) is 0 Å². The molecule has 0 unspecified atom stereocenters. The summed E-state index contributed by atoms with van der Waals surface area (Å²) >= 11 is 0. The Morgan fingerprint density at radius 3 is 2.47 bits per heavy atom. The van der Waals surface area contributed by atoms with Gasteiger partial charge in [0, 0.05) is 50.8 Å². The van der Waals surface area contributed by atoms with Crippen LogP contribution in [0.2, 0.25) is 0 Å². The van der Waals surface area contributed by atoms with Crippen LogP contribution in [0.5, 0.6) is 5.88 Å². The van der Waals surface area contributed by atoms with Crippen molar-refractivity contribution in [3.63, 3.8) is 0 Å². The minimum absolute atomic E-state index is 0.0130. The molecule has 2 N–H and O–H groups in total. The van der Waals surface area contributed by atoms with E-state index in [1.54, 1.807) is 4.90 Å². The van der Waals surface area contributed by atoms with E-state index in [-0.39, 0.29) is 12.2 Å². The number of nitrogen functional groups attached to an aromatic ring is 1. The van der Waals surface area contributed by atoms with Gasteiger partial charge in [-0.15, -0.1) is 0 Å². The van der Waals surface area contributed by atoms with Crippen molar-refractivity contribution in [2.45, 2.75) is 52.2 Å². The maximum absolute atomic E-state index is 12.4. The van der Waals surface area contributed by atoms with E-state index in [0.29, 0.717) is 32.2 Å². The number of likely N-dealkylation sites (tertiary alicyclic amines) is 1. The summed E-state index contributed by atoms with van der Waals surface area (Å²) in [6.07, 6.45) is 1.18. The molecule has 34 heavy (non-hydrogen) atoms. The number of nitrogens with two attached hydrogens (primary N) is 1. The number of hydrogen-bond acceptors (Lipinski definition) is 7. The Hall–Kier alpha value is -3.00. The van der Waals surface area contributed by atoms with Gasteiger partial charge in [-0.05, 0) is 62.6 Å². The first-order chi connectivity index (χ1) is 16.2. The van der Waals surface area contributed by atoms with Crippen LogP contribution < -0.4 is 15.4 Å². The topological polar surface area (TPSA) is 90.2 Å². The lowest BCUT2D eigenvalue weighted by Crippen LogP contribution is -2.44. The Bertz CT molecular complexity index is 1010. The molecule has 184 valence electrons. The number of anilines is 2. The van der Waals surface area contributed by atoms with Crippen LogP contribution in [0, 0.1) is 6.92 Å². The fourth-order valence-electron chi connectivity index (χ4n) is 4.27. The van der Waals surface area contributed by atoms with E-state index in [1.807, 2.05) is 45.0 Å². The molecule has 2 saturated heterocycles. The lowest BCUT2D eigenvalue weighted by molar-refractivity contribution is 0.0123. The predicted molar refractivity (Wildman–Crippen MR) is 133 cm³/mol. The van der Waals surface area contributed by atoms with Crippen molar-refractivity contribution in [1.29, 1.82) is 0 Å². The molecule has 2 fully saturated rings. The van der Waals surface area contributed by atoms with E-state index in [0.717, 1.165) is 54.1 Å². The number of rotatable bonds is 4. The van der Waals surface area contributed by atoms with Gasteiger partial charge in [-0.1, -0.05) is 6.07 Å². The first-order valence-electron chi connectivity index (χ1n) is 12.0. The van der Waals surface area contributed by atoms with Crippen LogP contribution >= 0.6 is 0 Å². The van der Waals surface area contributed by atoms with Gasteiger partial charge in [0.2, 0.25) is 5.88 Å². The molecular weight excluding hydrogens is 432 g/mol. The summed E-state index contributed by atoms with van der Waals surface area (Å²) in [7, 11) is 0. The molecule has 8 heteroatoms. The van der Waals surface area contributed by atoms with Gasteiger partial charge in [-0.25, -0.2) is 4.79 Å². The Morgan fingerprint density at radius 2 is 1.79 bits per heavy atom. The fraction of sp³-hybridized carbons (Fsp3) is 0.538. The molecule has 1 amide bonds. The summed E-state index contributed by atoms with van der Waals surface area (Å²) in [5, 5.41) is 0. The van der Waals surface area contributed by atoms with Gasteiger partial charge in [0.05, 0.1) is 13.2 Å². The van der Waals surface area contributed by atoms with Crippen LogP contribution in [0.4, 0.5) is 16.3 Å². The van der Waals surface area contributed by atoms with Crippen LogP contribution in [0.15, 0.2) is 30.3 Å². The number of nitrogens with zero attached hydrogens (tertiary/aromatic N) is 3. The quantitative estimate of drug-likeness (QED) is 0.671. The van der Waals surface area contributed by atoms with E-state index in [1.165, 1.54) is 0 Å². The fourth-order valence-corrected chi connectivity index (χ4v) is 4.27. The molecule has 0 atom stereocenters. The lowest BCUT2D eigenvalue weighted by Gasteiger charge is -2.33. The summed E-state index contributed by atoms with van der Waals surface area (Å²) in [5.41, 5.74) is 9.56. The number of hydrogen-bond donors (Lipinski definition) is 1. The van der Waals surface area contributed by atoms with Gasteiger partial charge in [-0.3, -0.25) is 0 Å². The molecule has 0 aliphatic carbocycles. The molecule has 0 spiro atoms. The molecule has 2 aliphatic rings. The molecule has 8 nitrogen and oxygen atoms in total. The molecule has 0 saturated carbocycles. The van der Waals surface area contributed by atoms with Crippen LogP contribution in [0.25, 0.3) is 11.1 Å². The third-order valence-corrected chi connectivity index (χ3v) is 6.08. The lowest BCUT2D eigenvalue weighted by atomic mass is 10.0. The summed E-state index contributed by atoms with van der Waals surface area (Å²) in [6, 6.07) is 10.0. The van der Waals surface area contributed by atoms with Gasteiger partial charge < -0.3 is 29.7 Å². The number of benzene rings is 1. The Morgan fingerprint density at radius 1 is 1.09 bits per heavy atom. The summed E-state index contributed by atoms with van der Waals surface area (Å²) < 4.78 is 17.4. The standard InChI is InChI=1S/C26H36N4O4/c1-18-5-6-20(27)17-22(18)19-15-23(29-11-13-32-14-12-29)28-24(16-19)33-21-7-9-30(10-8-21)25(31)34-26(2,3)4/h5-6,15-17,21H,7-14,27H2,1-4H3. The predicted octanol–water partition coefficient (Wildman–Crippen LogP) is 4.25. The van der Waals surface area contributed by atoms with Crippen molar-refractivity contribution >= 4 is 17.6 Å². The molecule has 4 rings (SSSR count). The zero-order valence-corrected chi connectivity index (χ0v) is 20.7. The second kappa shape index (κ2) is 10.1. The average Bonchev–Trinajstić information content (AvgIpc) is 2.80. The monoisotopic (exact) mass is 468 g/mol. The van der Waals surface area contributed by atoms with Crippen LogP contribution in [0.1, 0.15) is 39.2 Å². The first-order valence-corrected chi connectivity index (χ1v) is 12.0. The van der Waals surface area contributed by atoms with E-state index >= 15 is 0 Å². The van der Waals surface area contributed by atoms with Gasteiger partial charge in [-0.2, -0.15) is 4.98 Å². The van der Waals surface area contributed by atoms with Crippen LogP contribution in [-0.2, 0) is 9.47 Å². The second-order valence-electron chi connectivity index (χ2n) is 10.0. The molecular formula is C26H36N4O4. The molecule has 0 radical (unpaired) electrons. The van der Waals surface area contributed by atoms with Crippen molar-refractivity contribution in [3.05, 3.63) is 35.9 Å². The van der Waals surface area contributed by atoms with E-state index in [9.17, 15) is 4.79 Å². The number of pyridine rings is 1. The number of piperidine rings is 1. The summed E-state index contributed by atoms with van der Waals surface area (Å²) in [5.74, 6) is 1.47. The largest absolute Gasteiger partial charge is 0.474 e. The minimum Gasteiger partial charge on any atom is -0.474 e. The normalized spacial score (nSPS) is 17.5. The number of ether oxygens (including phenoxy) is 3. The van der Waals surface area contributed by atoms with Gasteiger partial charge >= 0.3 is 6.09 Å². The molecule has 0 bridgehead atoms. The van der Waals surface area contributed by atoms with E-state index in [4.69, 9.17) is 24.9 Å². The highest BCUT2D eigenvalue weighted by atomic mass is 16.6. The first kappa shape index (κ1) is 24.1. The van der Waals surface area contributed by atoms with Crippen molar-refractivity contribution in [3.8, 4) is 17.0 Å². The minimum atomic E-state index is -0.496. The van der Waals surface area contributed by atoms with Crippen LogP contribution in [-0.4, -0.2) is 67.1 Å². The highest BCUT2D eigenvalue weighted by Crippen LogP contribution is 2.32. The third-order valence-electron chi connectivity index (χ3n) is 6.08. The maximum Gasteiger partial charge on any atom is 0.410 e. The molecule has 3 heterocycles. The Kier molecular flexibility index (Phi) is 7.16. The van der Waals surface area contributed by atoms with E-state index in [2.05, 4.69) is 17.9 Å². The van der Waals surface area contributed by atoms with Gasteiger partial charge in [0.1, 0.15) is 17.5 Å². The summed E-state index contributed by atoms with van der Waals surface area (Å²) in [4.78, 5) is 21.2. The maximum atomic E-state index is 12.4. The highest BCUT2D eigenvalue weighted by molar-refractivity contribution is 5.74. The SMILES string of the molecule is Cc1ccc(N)cc1-c1cc(OC2CCN(C(=O)OC(C)(C)C)CC2)nc(N2CCOCC2)c1. The van der Waals surface area contributed by atoms with Crippen LogP contribution in [0.3, 0.4) is 0 Å². The molecule has 1 aromatic heterocycles. The number of morpholine rings is 1. The van der Waals surface area contributed by atoms with Crippen molar-refractivity contribution in [2.75, 3.05) is 50.0 Å². The highest BCUT2D eigenvalue weighted by Gasteiger charge is 2.28. The molecule has 2 aromatic rings. The molecule has 1 aromatic carbocycles. The number of aromatic nitrogens is 1. The number of aryl methyl sites for hydroxylation is 1. The number of amides is 1. The zero-order chi connectivity index (χ0) is 24.3. The smallest absolute Gasteiger partial charge is 0.410 e. The van der Waals surface area contributed by atoms with Crippen molar-refractivity contribution < 1.29 is 19.0 Å². The second-order valence-corrected chi connectivity index (χ2v) is 10.0. The average molecular weight is 469 g/mol. The Balaban J connectivity index is 1.52. The third kappa shape index (κ3) is 6.11. The zero-order valence-electron chi connectivity index (χ0n) is 20.7. The van der Waals surface area contributed by atoms with E-state index < -0.39 is 5.60 Å².